The Morgan fingerprint density at radius 1 is 0.824 bits per heavy atom. The average molecular weight is 447 g/mol. The molecule has 0 amide bonds. The first-order chi connectivity index (χ1) is 16.6. The fraction of sp³-hybridized carbons (Fsp3) is 0.0345. The highest BCUT2D eigenvalue weighted by Crippen LogP contribution is 2.42. The van der Waals surface area contributed by atoms with Gasteiger partial charge >= 0.3 is 0 Å². The van der Waals surface area contributed by atoms with Crippen LogP contribution >= 0.6 is 0 Å². The van der Waals surface area contributed by atoms with Crippen molar-refractivity contribution in [2.75, 3.05) is 11.1 Å². The molecule has 4 aromatic rings. The first kappa shape index (κ1) is 21.2. The number of ether oxygens (including phenoxy) is 1. The van der Waals surface area contributed by atoms with Gasteiger partial charge in [0.15, 0.2) is 17.3 Å². The van der Waals surface area contributed by atoms with Crippen molar-refractivity contribution >= 4 is 28.6 Å². The molecule has 166 valence electrons. The van der Waals surface area contributed by atoms with Crippen molar-refractivity contribution in [1.29, 1.82) is 0 Å². The number of hydrogen-bond acceptors (Lipinski definition) is 5. The van der Waals surface area contributed by atoms with Gasteiger partial charge in [-0.05, 0) is 36.2 Å². The van der Waals surface area contributed by atoms with E-state index < -0.39 is 0 Å². The maximum Gasteiger partial charge on any atom is 0.196 e. The average Bonchev–Trinajstić information content (AvgIpc) is 2.86. The number of fused-ring (bicyclic) bond motifs is 2. The van der Waals surface area contributed by atoms with Crippen molar-refractivity contribution in [3.05, 3.63) is 125 Å². The van der Waals surface area contributed by atoms with Crippen molar-refractivity contribution in [3.8, 4) is 11.5 Å². The second kappa shape index (κ2) is 8.71. The predicted octanol–water partition coefficient (Wildman–Crippen LogP) is 6.31. The summed E-state index contributed by atoms with van der Waals surface area (Å²) in [5.74, 6) is 0.315. The molecule has 0 aromatic heterocycles. The minimum absolute atomic E-state index is 0.136. The number of carbonyl (C=O) groups excluding carboxylic acids is 2. The molecule has 0 saturated carbocycles. The summed E-state index contributed by atoms with van der Waals surface area (Å²) in [6.45, 7) is 3.76. The third-order valence-corrected chi connectivity index (χ3v) is 5.78. The van der Waals surface area contributed by atoms with E-state index in [0.717, 1.165) is 17.7 Å². The third kappa shape index (κ3) is 3.73. The van der Waals surface area contributed by atoms with E-state index in [1.54, 1.807) is 30.3 Å². The summed E-state index contributed by atoms with van der Waals surface area (Å²) in [7, 11) is 0. The van der Waals surface area contributed by atoms with Crippen LogP contribution < -0.4 is 15.8 Å². The van der Waals surface area contributed by atoms with Gasteiger partial charge in [0.05, 0.1) is 22.5 Å². The Bertz CT molecular complexity index is 1420. The van der Waals surface area contributed by atoms with Gasteiger partial charge in [0.25, 0.3) is 0 Å². The number of nitrogen functional groups attached to an aromatic ring is 1. The number of ketones is 2. The third-order valence-electron chi connectivity index (χ3n) is 5.78. The van der Waals surface area contributed by atoms with Crippen LogP contribution in [0.1, 0.15) is 37.4 Å². The highest BCUT2D eigenvalue weighted by molar-refractivity contribution is 6.32. The smallest absolute Gasteiger partial charge is 0.196 e. The zero-order chi connectivity index (χ0) is 23.7. The Kier molecular flexibility index (Phi) is 5.44. The van der Waals surface area contributed by atoms with Crippen molar-refractivity contribution in [2.45, 2.75) is 6.42 Å². The molecule has 0 unspecified atom stereocenters. The Labute approximate surface area is 197 Å². The molecule has 0 saturated heterocycles. The molecular formula is C29H22N2O3. The van der Waals surface area contributed by atoms with Gasteiger partial charge in [0.1, 0.15) is 5.75 Å². The monoisotopic (exact) mass is 446 g/mol. The van der Waals surface area contributed by atoms with Crippen molar-refractivity contribution in [2.24, 2.45) is 0 Å². The van der Waals surface area contributed by atoms with E-state index in [0.29, 0.717) is 28.3 Å². The molecule has 1 aliphatic rings. The number of anilines is 3. The first-order valence-corrected chi connectivity index (χ1v) is 10.9. The quantitative estimate of drug-likeness (QED) is 0.236. The van der Waals surface area contributed by atoms with Crippen LogP contribution in [0.4, 0.5) is 17.1 Å². The molecule has 4 aromatic carbocycles. The van der Waals surface area contributed by atoms with Crippen LogP contribution in [0, 0.1) is 0 Å². The molecule has 1 aliphatic carbocycles. The number of hydrogen-bond donors (Lipinski definition) is 2. The summed E-state index contributed by atoms with van der Waals surface area (Å²) in [5.41, 5.74) is 10.0. The molecule has 0 atom stereocenters. The number of rotatable bonds is 6. The predicted molar refractivity (Wildman–Crippen MR) is 134 cm³/mol. The van der Waals surface area contributed by atoms with Gasteiger partial charge in [-0.3, -0.25) is 9.59 Å². The normalized spacial score (nSPS) is 12.0. The van der Waals surface area contributed by atoms with E-state index in [4.69, 9.17) is 10.5 Å². The molecule has 0 heterocycles. The number of para-hydroxylation sites is 1. The highest BCUT2D eigenvalue weighted by Gasteiger charge is 2.35. The molecule has 34 heavy (non-hydrogen) atoms. The van der Waals surface area contributed by atoms with Gasteiger partial charge in [-0.25, -0.2) is 0 Å². The molecule has 5 nitrogen and oxygen atoms in total. The van der Waals surface area contributed by atoms with Crippen LogP contribution in [0.2, 0.25) is 0 Å². The standard InChI is InChI=1S/C29H22N2O3/c1-2-8-18-13-15-20(16-14-18)34-24-17-23(31-19-9-4-3-5-10-19)25-26(27(24)30)29(33)22-12-7-6-11-21(22)28(25)32/h2-7,9-17,31H,1,8,30H2. The lowest BCUT2D eigenvalue weighted by atomic mass is 9.82. The van der Waals surface area contributed by atoms with Crippen LogP contribution in [-0.4, -0.2) is 11.6 Å². The lowest BCUT2D eigenvalue weighted by Gasteiger charge is -2.24. The van der Waals surface area contributed by atoms with Gasteiger partial charge in [-0.2, -0.15) is 0 Å². The second-order valence-corrected chi connectivity index (χ2v) is 8.02. The fourth-order valence-electron chi connectivity index (χ4n) is 4.14. The Morgan fingerprint density at radius 3 is 2.09 bits per heavy atom. The fourth-order valence-corrected chi connectivity index (χ4v) is 4.14. The molecule has 0 radical (unpaired) electrons. The number of carbonyl (C=O) groups is 2. The maximum absolute atomic E-state index is 13.5. The summed E-state index contributed by atoms with van der Waals surface area (Å²) in [6.07, 6.45) is 2.59. The van der Waals surface area contributed by atoms with Gasteiger partial charge < -0.3 is 15.8 Å². The zero-order valence-electron chi connectivity index (χ0n) is 18.4. The molecular weight excluding hydrogens is 424 g/mol. The van der Waals surface area contributed by atoms with Crippen LogP contribution in [0.15, 0.2) is 97.6 Å². The molecule has 0 spiro atoms. The second-order valence-electron chi connectivity index (χ2n) is 8.02. The van der Waals surface area contributed by atoms with Gasteiger partial charge in [-0.1, -0.05) is 60.7 Å². The van der Waals surface area contributed by atoms with Crippen molar-refractivity contribution in [1.82, 2.24) is 0 Å². The van der Waals surface area contributed by atoms with Crippen molar-refractivity contribution in [3.63, 3.8) is 0 Å². The summed E-state index contributed by atoms with van der Waals surface area (Å²) in [6, 6.07) is 25.5. The van der Waals surface area contributed by atoms with E-state index in [1.807, 2.05) is 60.7 Å². The van der Waals surface area contributed by atoms with Gasteiger partial charge in [0, 0.05) is 22.9 Å². The Hall–Kier alpha value is -4.64. The lowest BCUT2D eigenvalue weighted by Crippen LogP contribution is -2.24. The summed E-state index contributed by atoms with van der Waals surface area (Å²) >= 11 is 0. The number of nitrogens with one attached hydrogen (secondary N) is 1. The highest BCUT2D eigenvalue weighted by atomic mass is 16.5. The SMILES string of the molecule is C=CCc1ccc(Oc2cc(Nc3ccccc3)c3c(c2N)C(=O)c2ccccc2C3=O)cc1. The minimum Gasteiger partial charge on any atom is -0.455 e. The van der Waals surface area contributed by atoms with Gasteiger partial charge in [0.2, 0.25) is 0 Å². The van der Waals surface area contributed by atoms with Crippen molar-refractivity contribution < 1.29 is 14.3 Å². The molecule has 0 aliphatic heterocycles. The molecule has 0 bridgehead atoms. The summed E-state index contributed by atoms with van der Waals surface area (Å²) in [4.78, 5) is 27.0. The maximum atomic E-state index is 13.5. The number of nitrogens with two attached hydrogens (primary N) is 1. The molecule has 3 N–H and O–H groups in total. The first-order valence-electron chi connectivity index (χ1n) is 10.9. The van der Waals surface area contributed by atoms with E-state index in [9.17, 15) is 9.59 Å². The number of allylic oxidation sites excluding steroid dienone is 1. The number of benzene rings is 4. The minimum atomic E-state index is -0.300. The van der Waals surface area contributed by atoms with E-state index in [1.165, 1.54) is 0 Å². The summed E-state index contributed by atoms with van der Waals surface area (Å²) in [5, 5.41) is 3.27. The molecule has 5 heteroatoms. The van der Waals surface area contributed by atoms with E-state index in [2.05, 4.69) is 11.9 Å². The van der Waals surface area contributed by atoms with Crippen LogP contribution in [0.3, 0.4) is 0 Å². The Balaban J connectivity index is 1.65. The summed E-state index contributed by atoms with van der Waals surface area (Å²) < 4.78 is 6.10. The van der Waals surface area contributed by atoms with Crippen LogP contribution in [0.25, 0.3) is 0 Å². The van der Waals surface area contributed by atoms with Gasteiger partial charge in [-0.15, -0.1) is 6.58 Å². The molecule has 0 fully saturated rings. The molecule has 5 rings (SSSR count). The van der Waals surface area contributed by atoms with Crippen LogP contribution in [0.5, 0.6) is 11.5 Å². The van der Waals surface area contributed by atoms with Crippen LogP contribution in [-0.2, 0) is 6.42 Å². The largest absolute Gasteiger partial charge is 0.455 e. The zero-order valence-corrected chi connectivity index (χ0v) is 18.4. The lowest BCUT2D eigenvalue weighted by molar-refractivity contribution is 0.0980. The Morgan fingerprint density at radius 2 is 1.44 bits per heavy atom. The topological polar surface area (TPSA) is 81.4 Å². The van der Waals surface area contributed by atoms with E-state index >= 15 is 0 Å². The van der Waals surface area contributed by atoms with E-state index in [-0.39, 0.29) is 28.4 Å².